The Balaban J connectivity index is 2.58. The van der Waals surface area contributed by atoms with Crippen molar-refractivity contribution in [1.82, 2.24) is 0 Å². The third-order valence-corrected chi connectivity index (χ3v) is 1.95. The highest BCUT2D eigenvalue weighted by molar-refractivity contribution is 7.94. The molecule has 0 saturated heterocycles. The predicted octanol–water partition coefficient (Wildman–Crippen LogP) is 2.74. The molecule has 0 aliphatic carbocycles. The van der Waals surface area contributed by atoms with Crippen molar-refractivity contribution in [1.29, 1.82) is 0 Å². The lowest BCUT2D eigenvalue weighted by atomic mass is 10.3. The molecule has 0 N–H and O–H groups in total. The van der Waals surface area contributed by atoms with Gasteiger partial charge in [-0.05, 0) is 31.2 Å². The van der Waals surface area contributed by atoms with Gasteiger partial charge in [0.1, 0.15) is 5.75 Å². The number of hydrogen-bond acceptors (Lipinski definition) is 3. The highest BCUT2D eigenvalue weighted by Crippen LogP contribution is 2.21. The molecule has 0 unspecified atom stereocenters. The van der Waals surface area contributed by atoms with Gasteiger partial charge in [0.25, 0.3) is 0 Å². The fraction of sp³-hybridized carbons (Fsp3) is 0.333. The van der Waals surface area contributed by atoms with Gasteiger partial charge in [0.2, 0.25) is 0 Å². The van der Waals surface area contributed by atoms with Crippen molar-refractivity contribution in [3.05, 3.63) is 24.3 Å². The van der Waals surface area contributed by atoms with Crippen LogP contribution in [0.25, 0.3) is 0 Å². The second-order valence-corrected chi connectivity index (χ2v) is 3.13. The van der Waals surface area contributed by atoms with E-state index in [1.54, 1.807) is 7.11 Å². The Labute approximate surface area is 77.1 Å². The van der Waals surface area contributed by atoms with Gasteiger partial charge in [0, 0.05) is 16.9 Å². The molecule has 0 amide bonds. The highest BCUT2D eigenvalue weighted by atomic mass is 32.2. The quantitative estimate of drug-likeness (QED) is 0.670. The van der Waals surface area contributed by atoms with Crippen LogP contribution in [0.3, 0.4) is 0 Å². The number of hydrogen-bond donors (Lipinski definition) is 0. The first kappa shape index (κ1) is 9.42. The Morgan fingerprint density at radius 1 is 1.25 bits per heavy atom. The summed E-state index contributed by atoms with van der Waals surface area (Å²) in [6.45, 7) is 2.68. The molecule has 0 aliphatic rings. The van der Waals surface area contributed by atoms with Crippen LogP contribution in [-0.4, -0.2) is 13.7 Å². The van der Waals surface area contributed by atoms with Gasteiger partial charge in [0.15, 0.2) is 0 Å². The second kappa shape index (κ2) is 5.06. The summed E-state index contributed by atoms with van der Waals surface area (Å²) in [6.07, 6.45) is 0. The lowest BCUT2D eigenvalue weighted by Crippen LogP contribution is -1.90. The summed E-state index contributed by atoms with van der Waals surface area (Å²) >= 11 is 1.35. The van der Waals surface area contributed by atoms with E-state index in [-0.39, 0.29) is 0 Å². The molecule has 1 aromatic carbocycles. The number of ether oxygens (including phenoxy) is 1. The van der Waals surface area contributed by atoms with Crippen LogP contribution in [0.5, 0.6) is 5.75 Å². The van der Waals surface area contributed by atoms with Crippen LogP contribution in [0.2, 0.25) is 0 Å². The van der Waals surface area contributed by atoms with E-state index >= 15 is 0 Å². The van der Waals surface area contributed by atoms with E-state index in [9.17, 15) is 0 Å². The van der Waals surface area contributed by atoms with Crippen molar-refractivity contribution in [2.45, 2.75) is 11.8 Å². The van der Waals surface area contributed by atoms with Crippen LogP contribution < -0.4 is 4.74 Å². The van der Waals surface area contributed by atoms with Crippen molar-refractivity contribution >= 4 is 12.0 Å². The third kappa shape index (κ3) is 2.75. The zero-order valence-electron chi connectivity index (χ0n) is 7.24. The molecule has 1 aromatic rings. The first-order chi connectivity index (χ1) is 5.86. The van der Waals surface area contributed by atoms with Crippen LogP contribution in [0, 0.1) is 0 Å². The summed E-state index contributed by atoms with van der Waals surface area (Å²) in [5, 5.41) is 0. The first-order valence-electron chi connectivity index (χ1n) is 3.80. The van der Waals surface area contributed by atoms with Gasteiger partial charge in [-0.25, -0.2) is 0 Å². The maximum atomic E-state index is 5.29. The molecular formula is C9H12O2S. The molecular weight excluding hydrogens is 172 g/mol. The molecule has 1 rings (SSSR count). The van der Waals surface area contributed by atoms with Gasteiger partial charge in [-0.2, -0.15) is 0 Å². The van der Waals surface area contributed by atoms with E-state index < -0.39 is 0 Å². The third-order valence-electron chi connectivity index (χ3n) is 1.31. The maximum Gasteiger partial charge on any atom is 0.119 e. The normalized spacial score (nSPS) is 9.83. The summed E-state index contributed by atoms with van der Waals surface area (Å²) in [5.41, 5.74) is 0. The summed E-state index contributed by atoms with van der Waals surface area (Å²) in [7, 11) is 1.65. The number of benzene rings is 1. The molecule has 0 bridgehead atoms. The monoisotopic (exact) mass is 184 g/mol. The van der Waals surface area contributed by atoms with Crippen molar-refractivity contribution < 1.29 is 8.92 Å². The van der Waals surface area contributed by atoms with E-state index in [1.807, 2.05) is 31.2 Å². The first-order valence-corrected chi connectivity index (χ1v) is 4.54. The van der Waals surface area contributed by atoms with Gasteiger partial charge in [-0.3, -0.25) is 0 Å². The van der Waals surface area contributed by atoms with Crippen LogP contribution in [-0.2, 0) is 4.18 Å². The van der Waals surface area contributed by atoms with Gasteiger partial charge < -0.3 is 8.92 Å². The fourth-order valence-electron chi connectivity index (χ4n) is 0.854. The maximum absolute atomic E-state index is 5.29. The molecule has 0 atom stereocenters. The zero-order valence-corrected chi connectivity index (χ0v) is 8.06. The largest absolute Gasteiger partial charge is 0.494 e. The Morgan fingerprint density at radius 2 is 1.92 bits per heavy atom. The SMILES string of the molecule is CCOc1ccc(SOC)cc1. The Hall–Kier alpha value is -0.670. The van der Waals surface area contributed by atoms with Gasteiger partial charge in [-0.1, -0.05) is 0 Å². The Morgan fingerprint density at radius 3 is 2.42 bits per heavy atom. The molecule has 0 radical (unpaired) electrons. The smallest absolute Gasteiger partial charge is 0.119 e. The van der Waals surface area contributed by atoms with Gasteiger partial charge in [0.05, 0.1) is 13.7 Å². The summed E-state index contributed by atoms with van der Waals surface area (Å²) in [5.74, 6) is 0.901. The fourth-order valence-corrected chi connectivity index (χ4v) is 1.29. The standard InChI is InChI=1S/C9H12O2S/c1-3-11-8-4-6-9(7-5-8)12-10-2/h4-7H,3H2,1-2H3. The van der Waals surface area contributed by atoms with E-state index in [0.717, 1.165) is 10.6 Å². The van der Waals surface area contributed by atoms with Crippen molar-refractivity contribution in [2.24, 2.45) is 0 Å². The molecule has 0 aliphatic heterocycles. The predicted molar refractivity (Wildman–Crippen MR) is 50.5 cm³/mol. The van der Waals surface area contributed by atoms with E-state index in [0.29, 0.717) is 6.61 Å². The minimum Gasteiger partial charge on any atom is -0.494 e. The average Bonchev–Trinajstić information content (AvgIpc) is 2.09. The lowest BCUT2D eigenvalue weighted by Gasteiger charge is -2.02. The highest BCUT2D eigenvalue weighted by Gasteiger charge is 1.93. The van der Waals surface area contributed by atoms with Crippen molar-refractivity contribution in [2.75, 3.05) is 13.7 Å². The average molecular weight is 184 g/mol. The molecule has 0 fully saturated rings. The van der Waals surface area contributed by atoms with Crippen molar-refractivity contribution in [3.8, 4) is 5.75 Å². The zero-order chi connectivity index (χ0) is 8.81. The minimum atomic E-state index is 0.705. The van der Waals surface area contributed by atoms with Crippen LogP contribution in [0.4, 0.5) is 0 Å². The van der Waals surface area contributed by atoms with E-state index in [4.69, 9.17) is 8.92 Å². The molecule has 0 saturated carbocycles. The Bertz CT molecular complexity index is 195. The van der Waals surface area contributed by atoms with Crippen LogP contribution in [0.1, 0.15) is 6.92 Å². The minimum absolute atomic E-state index is 0.705. The van der Waals surface area contributed by atoms with Crippen LogP contribution in [0.15, 0.2) is 29.2 Å². The molecule has 12 heavy (non-hydrogen) atoms. The summed E-state index contributed by atoms with van der Waals surface area (Å²) in [4.78, 5) is 1.08. The molecule has 0 heterocycles. The van der Waals surface area contributed by atoms with E-state index in [1.165, 1.54) is 12.0 Å². The van der Waals surface area contributed by atoms with Crippen LogP contribution >= 0.6 is 12.0 Å². The van der Waals surface area contributed by atoms with Gasteiger partial charge in [-0.15, -0.1) is 0 Å². The molecule has 0 aromatic heterocycles. The summed E-state index contributed by atoms with van der Waals surface area (Å²) < 4.78 is 10.2. The Kier molecular flexibility index (Phi) is 3.97. The van der Waals surface area contributed by atoms with E-state index in [2.05, 4.69) is 0 Å². The van der Waals surface area contributed by atoms with Crippen molar-refractivity contribution in [3.63, 3.8) is 0 Å². The lowest BCUT2D eigenvalue weighted by molar-refractivity contribution is 0.340. The molecule has 66 valence electrons. The summed E-state index contributed by atoms with van der Waals surface area (Å²) in [6, 6.07) is 7.81. The molecule has 2 nitrogen and oxygen atoms in total. The van der Waals surface area contributed by atoms with Gasteiger partial charge >= 0.3 is 0 Å². The molecule has 0 spiro atoms. The topological polar surface area (TPSA) is 18.5 Å². The second-order valence-electron chi connectivity index (χ2n) is 2.15. The molecule has 3 heteroatoms. The number of rotatable bonds is 4.